The number of carbonyl (C=O) groups is 1. The van der Waals surface area contributed by atoms with Crippen LogP contribution in [0.4, 0.5) is 0 Å². The maximum atomic E-state index is 12.5. The Morgan fingerprint density at radius 2 is 1.79 bits per heavy atom. The summed E-state index contributed by atoms with van der Waals surface area (Å²) < 4.78 is 10.1. The van der Waals surface area contributed by atoms with E-state index in [1.54, 1.807) is 48.5 Å². The predicted octanol–water partition coefficient (Wildman–Crippen LogP) is 3.19. The lowest BCUT2D eigenvalue weighted by molar-refractivity contribution is -0.140. The van der Waals surface area contributed by atoms with Gasteiger partial charge in [0.2, 0.25) is 0 Å². The Kier molecular flexibility index (Phi) is 4.33. The van der Waals surface area contributed by atoms with Crippen molar-refractivity contribution in [3.05, 3.63) is 76.1 Å². The smallest absolute Gasteiger partial charge is 0.343 e. The molecule has 0 amide bonds. The Hall–Kier alpha value is -3.08. The second-order valence-electron chi connectivity index (χ2n) is 5.39. The molecule has 0 unspecified atom stereocenters. The molecule has 5 heteroatoms. The Labute approximate surface area is 138 Å². The molecule has 0 aliphatic rings. The van der Waals surface area contributed by atoms with E-state index in [0.717, 1.165) is 5.56 Å². The van der Waals surface area contributed by atoms with Crippen molar-refractivity contribution < 1.29 is 19.1 Å². The van der Waals surface area contributed by atoms with Crippen LogP contribution < -0.4 is 5.63 Å². The summed E-state index contributed by atoms with van der Waals surface area (Å²) in [6.45, 7) is 0. The van der Waals surface area contributed by atoms with E-state index in [2.05, 4.69) is 0 Å². The first-order valence-corrected chi connectivity index (χ1v) is 7.48. The first-order chi connectivity index (χ1) is 11.6. The lowest BCUT2D eigenvalue weighted by atomic mass is 9.88. The van der Waals surface area contributed by atoms with Crippen LogP contribution in [0.2, 0.25) is 0 Å². The van der Waals surface area contributed by atoms with Gasteiger partial charge in [-0.05, 0) is 17.7 Å². The predicted molar refractivity (Wildman–Crippen MR) is 89.1 cm³/mol. The average Bonchev–Trinajstić information content (AvgIpc) is 2.61. The Bertz CT molecular complexity index is 927. The monoisotopic (exact) mass is 324 g/mol. The third-order valence-electron chi connectivity index (χ3n) is 3.97. The molecule has 1 atom stereocenters. The molecule has 0 bridgehead atoms. The van der Waals surface area contributed by atoms with Crippen LogP contribution in [0.1, 0.15) is 23.5 Å². The highest BCUT2D eigenvalue weighted by atomic mass is 16.5. The van der Waals surface area contributed by atoms with E-state index >= 15 is 0 Å². The summed E-state index contributed by atoms with van der Waals surface area (Å²) in [5, 5.41) is 11.1. The quantitative estimate of drug-likeness (QED) is 0.589. The summed E-state index contributed by atoms with van der Waals surface area (Å²) in [5.41, 5.74) is 0.420. The van der Waals surface area contributed by atoms with Crippen molar-refractivity contribution in [2.45, 2.75) is 12.3 Å². The average molecular weight is 324 g/mol. The van der Waals surface area contributed by atoms with E-state index in [-0.39, 0.29) is 17.7 Å². The minimum atomic E-state index is -0.663. The van der Waals surface area contributed by atoms with Crippen LogP contribution in [0.15, 0.2) is 63.8 Å². The zero-order valence-corrected chi connectivity index (χ0v) is 13.1. The minimum absolute atomic E-state index is 0.0605. The molecule has 0 spiro atoms. The minimum Gasteiger partial charge on any atom is -0.507 e. The lowest BCUT2D eigenvalue weighted by Gasteiger charge is -2.17. The summed E-state index contributed by atoms with van der Waals surface area (Å²) in [6.07, 6.45) is -0.0722. The molecule has 0 saturated carbocycles. The molecule has 0 radical (unpaired) electrons. The molecule has 5 nitrogen and oxygen atoms in total. The molecule has 3 rings (SSSR count). The summed E-state index contributed by atoms with van der Waals surface area (Å²) >= 11 is 0. The fraction of sp³-hybridized carbons (Fsp3) is 0.158. The van der Waals surface area contributed by atoms with Gasteiger partial charge in [-0.1, -0.05) is 42.5 Å². The Morgan fingerprint density at radius 3 is 2.50 bits per heavy atom. The molecule has 2 aromatic carbocycles. The Morgan fingerprint density at radius 1 is 1.12 bits per heavy atom. The molecule has 0 aliphatic carbocycles. The van der Waals surface area contributed by atoms with Gasteiger partial charge < -0.3 is 14.3 Å². The summed E-state index contributed by atoms with van der Waals surface area (Å²) in [6, 6.07) is 15.8. The second kappa shape index (κ2) is 6.58. The summed E-state index contributed by atoms with van der Waals surface area (Å²) in [4.78, 5) is 24.3. The van der Waals surface area contributed by atoms with Gasteiger partial charge in [-0.15, -0.1) is 0 Å². The van der Waals surface area contributed by atoms with Crippen LogP contribution in [-0.4, -0.2) is 18.2 Å². The zero-order chi connectivity index (χ0) is 17.1. The lowest BCUT2D eigenvalue weighted by Crippen LogP contribution is -2.18. The molecule has 0 saturated heterocycles. The van der Waals surface area contributed by atoms with Crippen LogP contribution in [-0.2, 0) is 9.53 Å². The standard InChI is InChI=1S/C19H16O5/c1-23-16(20)11-14(12-7-3-2-4-8-12)17-18(21)13-9-5-6-10-15(13)24-19(17)22/h2-10,14,21H,11H2,1H3/t14-/m1/s1. The summed E-state index contributed by atoms with van der Waals surface area (Å²) in [5.74, 6) is -1.30. The van der Waals surface area contributed by atoms with E-state index in [1.807, 2.05) is 6.07 Å². The molecule has 1 aromatic heterocycles. The number of carbonyl (C=O) groups excluding carboxylic acids is 1. The molecule has 1 heterocycles. The highest BCUT2D eigenvalue weighted by Gasteiger charge is 2.27. The fourth-order valence-corrected chi connectivity index (χ4v) is 2.78. The van der Waals surface area contributed by atoms with Gasteiger partial charge in [0.25, 0.3) is 0 Å². The van der Waals surface area contributed by atoms with Crippen molar-refractivity contribution in [1.82, 2.24) is 0 Å². The number of rotatable bonds is 4. The largest absolute Gasteiger partial charge is 0.507 e. The van der Waals surface area contributed by atoms with E-state index in [4.69, 9.17) is 9.15 Å². The number of hydrogen-bond donors (Lipinski definition) is 1. The Balaban J connectivity index is 2.23. The highest BCUT2D eigenvalue weighted by molar-refractivity contribution is 5.84. The number of para-hydroxylation sites is 1. The summed E-state index contributed by atoms with van der Waals surface area (Å²) in [7, 11) is 1.28. The van der Waals surface area contributed by atoms with Gasteiger partial charge in [0, 0.05) is 5.92 Å². The van der Waals surface area contributed by atoms with Gasteiger partial charge >= 0.3 is 11.6 Å². The van der Waals surface area contributed by atoms with Crippen molar-refractivity contribution in [3.63, 3.8) is 0 Å². The van der Waals surface area contributed by atoms with Gasteiger partial charge in [0.15, 0.2) is 0 Å². The van der Waals surface area contributed by atoms with Crippen LogP contribution in [0.5, 0.6) is 5.75 Å². The maximum absolute atomic E-state index is 12.5. The maximum Gasteiger partial charge on any atom is 0.343 e. The first-order valence-electron chi connectivity index (χ1n) is 7.48. The van der Waals surface area contributed by atoms with Gasteiger partial charge in [-0.3, -0.25) is 4.79 Å². The third-order valence-corrected chi connectivity index (χ3v) is 3.97. The van der Waals surface area contributed by atoms with Crippen LogP contribution >= 0.6 is 0 Å². The number of esters is 1. The van der Waals surface area contributed by atoms with Crippen molar-refractivity contribution in [3.8, 4) is 5.75 Å². The number of benzene rings is 2. The normalized spacial score (nSPS) is 12.0. The zero-order valence-electron chi connectivity index (χ0n) is 13.1. The van der Waals surface area contributed by atoms with E-state index in [9.17, 15) is 14.7 Å². The first kappa shape index (κ1) is 15.8. The van der Waals surface area contributed by atoms with Crippen LogP contribution in [0.25, 0.3) is 11.0 Å². The van der Waals surface area contributed by atoms with Crippen molar-refractivity contribution in [2.75, 3.05) is 7.11 Å². The SMILES string of the molecule is COC(=O)C[C@H](c1ccccc1)c1c(O)c2ccccc2oc1=O. The van der Waals surface area contributed by atoms with Gasteiger partial charge in [-0.2, -0.15) is 0 Å². The van der Waals surface area contributed by atoms with E-state index in [0.29, 0.717) is 11.0 Å². The molecular weight excluding hydrogens is 308 g/mol. The molecule has 122 valence electrons. The highest BCUT2D eigenvalue weighted by Crippen LogP contribution is 2.36. The fourth-order valence-electron chi connectivity index (χ4n) is 2.78. The van der Waals surface area contributed by atoms with Gasteiger partial charge in [-0.25, -0.2) is 4.79 Å². The van der Waals surface area contributed by atoms with Crippen molar-refractivity contribution in [2.24, 2.45) is 0 Å². The van der Waals surface area contributed by atoms with Gasteiger partial charge in [0.05, 0.1) is 24.5 Å². The third kappa shape index (κ3) is 2.88. The molecular formula is C19H16O5. The van der Waals surface area contributed by atoms with Crippen LogP contribution in [0.3, 0.4) is 0 Å². The van der Waals surface area contributed by atoms with E-state index < -0.39 is 17.5 Å². The molecule has 0 fully saturated rings. The number of methoxy groups -OCH3 is 1. The van der Waals surface area contributed by atoms with Crippen molar-refractivity contribution in [1.29, 1.82) is 0 Å². The van der Waals surface area contributed by atoms with Gasteiger partial charge in [0.1, 0.15) is 11.3 Å². The van der Waals surface area contributed by atoms with Crippen LogP contribution in [0, 0.1) is 0 Å². The molecule has 24 heavy (non-hydrogen) atoms. The molecule has 0 aliphatic heterocycles. The topological polar surface area (TPSA) is 76.7 Å². The number of ether oxygens (including phenoxy) is 1. The molecule has 3 aromatic rings. The number of fused-ring (bicyclic) bond motifs is 1. The molecule has 1 N–H and O–H groups in total. The number of aromatic hydroxyl groups is 1. The second-order valence-corrected chi connectivity index (χ2v) is 5.39. The van der Waals surface area contributed by atoms with Crippen molar-refractivity contribution >= 4 is 16.9 Å². The van der Waals surface area contributed by atoms with E-state index in [1.165, 1.54) is 7.11 Å². The number of hydrogen-bond acceptors (Lipinski definition) is 5.